The lowest BCUT2D eigenvalue weighted by atomic mass is 10.1. The molecular formula is C11H16O3. The first-order valence-corrected chi connectivity index (χ1v) is 4.67. The first-order chi connectivity index (χ1) is 6.69. The molecule has 3 nitrogen and oxygen atoms in total. The number of ether oxygens (including phenoxy) is 2. The van der Waals surface area contributed by atoms with E-state index in [1.807, 2.05) is 13.0 Å². The van der Waals surface area contributed by atoms with Gasteiger partial charge in [0.1, 0.15) is 0 Å². The maximum atomic E-state index is 9.38. The van der Waals surface area contributed by atoms with Gasteiger partial charge in [0, 0.05) is 0 Å². The lowest BCUT2D eigenvalue weighted by Crippen LogP contribution is -1.98. The van der Waals surface area contributed by atoms with Crippen molar-refractivity contribution in [3.63, 3.8) is 0 Å². The van der Waals surface area contributed by atoms with Crippen molar-refractivity contribution in [2.75, 3.05) is 13.7 Å². The van der Waals surface area contributed by atoms with Gasteiger partial charge in [0.15, 0.2) is 11.5 Å². The van der Waals surface area contributed by atoms with E-state index in [0.717, 1.165) is 5.56 Å². The summed E-state index contributed by atoms with van der Waals surface area (Å²) >= 11 is 0. The Labute approximate surface area is 84.3 Å². The van der Waals surface area contributed by atoms with Gasteiger partial charge in [-0.25, -0.2) is 0 Å². The molecule has 78 valence electrons. The second kappa shape index (κ2) is 4.86. The first-order valence-electron chi connectivity index (χ1n) is 4.67. The van der Waals surface area contributed by atoms with Crippen LogP contribution in [0.3, 0.4) is 0 Å². The van der Waals surface area contributed by atoms with Gasteiger partial charge in [-0.15, -0.1) is 0 Å². The smallest absolute Gasteiger partial charge is 0.161 e. The zero-order chi connectivity index (χ0) is 10.6. The van der Waals surface area contributed by atoms with Crippen LogP contribution in [0.15, 0.2) is 18.2 Å². The van der Waals surface area contributed by atoms with E-state index < -0.39 is 6.10 Å². The van der Waals surface area contributed by atoms with E-state index in [0.29, 0.717) is 18.1 Å². The standard InChI is InChI=1S/C11H16O3/c1-4-14-11-7-9(8(2)12)5-6-10(11)13-3/h5-8,12H,4H2,1-3H3. The van der Waals surface area contributed by atoms with Crippen molar-refractivity contribution < 1.29 is 14.6 Å². The van der Waals surface area contributed by atoms with E-state index in [1.165, 1.54) is 0 Å². The second-order valence-electron chi connectivity index (χ2n) is 3.02. The van der Waals surface area contributed by atoms with Gasteiger partial charge >= 0.3 is 0 Å². The van der Waals surface area contributed by atoms with Crippen molar-refractivity contribution >= 4 is 0 Å². The summed E-state index contributed by atoms with van der Waals surface area (Å²) in [4.78, 5) is 0. The Morgan fingerprint density at radius 1 is 1.36 bits per heavy atom. The molecule has 0 bridgehead atoms. The van der Waals surface area contributed by atoms with Crippen LogP contribution in [-0.4, -0.2) is 18.8 Å². The quantitative estimate of drug-likeness (QED) is 0.801. The molecule has 1 atom stereocenters. The lowest BCUT2D eigenvalue weighted by molar-refractivity contribution is 0.198. The Morgan fingerprint density at radius 2 is 2.07 bits per heavy atom. The van der Waals surface area contributed by atoms with Crippen molar-refractivity contribution in [2.24, 2.45) is 0 Å². The maximum Gasteiger partial charge on any atom is 0.161 e. The molecule has 14 heavy (non-hydrogen) atoms. The monoisotopic (exact) mass is 196 g/mol. The zero-order valence-electron chi connectivity index (χ0n) is 8.78. The van der Waals surface area contributed by atoms with Crippen LogP contribution in [0.5, 0.6) is 11.5 Å². The summed E-state index contributed by atoms with van der Waals surface area (Å²) in [5.74, 6) is 1.37. The van der Waals surface area contributed by atoms with Gasteiger partial charge in [0.25, 0.3) is 0 Å². The first kappa shape index (κ1) is 10.9. The number of aliphatic hydroxyl groups excluding tert-OH is 1. The van der Waals surface area contributed by atoms with Crippen LogP contribution in [-0.2, 0) is 0 Å². The van der Waals surface area contributed by atoms with Gasteiger partial charge in [0.2, 0.25) is 0 Å². The minimum Gasteiger partial charge on any atom is -0.493 e. The molecule has 0 amide bonds. The van der Waals surface area contributed by atoms with Gasteiger partial charge in [0.05, 0.1) is 19.8 Å². The molecule has 1 aromatic rings. The summed E-state index contributed by atoms with van der Waals surface area (Å²) < 4.78 is 10.5. The number of methoxy groups -OCH3 is 1. The fourth-order valence-corrected chi connectivity index (χ4v) is 1.22. The Hall–Kier alpha value is -1.22. The van der Waals surface area contributed by atoms with Gasteiger partial charge < -0.3 is 14.6 Å². The molecule has 0 saturated carbocycles. The SMILES string of the molecule is CCOc1cc(C(C)O)ccc1OC. The normalized spacial score (nSPS) is 12.3. The molecule has 1 N–H and O–H groups in total. The van der Waals surface area contributed by atoms with Crippen molar-refractivity contribution in [1.82, 2.24) is 0 Å². The third-order valence-corrected chi connectivity index (χ3v) is 1.97. The molecule has 0 aromatic heterocycles. The van der Waals surface area contributed by atoms with Crippen LogP contribution in [0, 0.1) is 0 Å². The molecule has 0 aliphatic rings. The van der Waals surface area contributed by atoms with Gasteiger partial charge in [-0.1, -0.05) is 6.07 Å². The predicted molar refractivity (Wildman–Crippen MR) is 54.8 cm³/mol. The topological polar surface area (TPSA) is 38.7 Å². The molecular weight excluding hydrogens is 180 g/mol. The van der Waals surface area contributed by atoms with Crippen molar-refractivity contribution in [3.05, 3.63) is 23.8 Å². The largest absolute Gasteiger partial charge is 0.493 e. The third kappa shape index (κ3) is 2.39. The number of benzene rings is 1. The molecule has 0 heterocycles. The fraction of sp³-hybridized carbons (Fsp3) is 0.455. The highest BCUT2D eigenvalue weighted by molar-refractivity contribution is 5.43. The second-order valence-corrected chi connectivity index (χ2v) is 3.02. The van der Waals surface area contributed by atoms with E-state index in [-0.39, 0.29) is 0 Å². The van der Waals surface area contributed by atoms with E-state index >= 15 is 0 Å². The van der Waals surface area contributed by atoms with Gasteiger partial charge in [-0.2, -0.15) is 0 Å². The molecule has 0 spiro atoms. The lowest BCUT2D eigenvalue weighted by Gasteiger charge is -2.12. The summed E-state index contributed by atoms with van der Waals surface area (Å²) in [6.45, 7) is 4.21. The van der Waals surface area contributed by atoms with E-state index in [2.05, 4.69) is 0 Å². The van der Waals surface area contributed by atoms with Crippen LogP contribution < -0.4 is 9.47 Å². The molecule has 0 saturated heterocycles. The molecule has 1 rings (SSSR count). The average molecular weight is 196 g/mol. The molecule has 1 aromatic carbocycles. The van der Waals surface area contributed by atoms with Crippen molar-refractivity contribution in [1.29, 1.82) is 0 Å². The van der Waals surface area contributed by atoms with Crippen molar-refractivity contribution in [2.45, 2.75) is 20.0 Å². The Balaban J connectivity index is 3.01. The van der Waals surface area contributed by atoms with Gasteiger partial charge in [-0.3, -0.25) is 0 Å². The van der Waals surface area contributed by atoms with Gasteiger partial charge in [-0.05, 0) is 31.5 Å². The molecule has 0 fully saturated rings. The average Bonchev–Trinajstić information content (AvgIpc) is 2.18. The Morgan fingerprint density at radius 3 is 2.57 bits per heavy atom. The minimum atomic E-state index is -0.486. The number of aliphatic hydroxyl groups is 1. The summed E-state index contributed by atoms with van der Waals surface area (Å²) in [7, 11) is 1.60. The highest BCUT2D eigenvalue weighted by Crippen LogP contribution is 2.30. The Kier molecular flexibility index (Phi) is 3.77. The number of hydrogen-bond donors (Lipinski definition) is 1. The molecule has 0 radical (unpaired) electrons. The summed E-state index contributed by atoms with van der Waals surface area (Å²) in [5, 5.41) is 9.38. The van der Waals surface area contributed by atoms with E-state index in [4.69, 9.17) is 9.47 Å². The van der Waals surface area contributed by atoms with Crippen LogP contribution in [0.4, 0.5) is 0 Å². The maximum absolute atomic E-state index is 9.38. The fourth-order valence-electron chi connectivity index (χ4n) is 1.22. The Bertz CT molecular complexity index is 295. The highest BCUT2D eigenvalue weighted by atomic mass is 16.5. The molecule has 3 heteroatoms. The van der Waals surface area contributed by atoms with Crippen LogP contribution >= 0.6 is 0 Å². The third-order valence-electron chi connectivity index (χ3n) is 1.97. The molecule has 1 unspecified atom stereocenters. The van der Waals surface area contributed by atoms with E-state index in [1.54, 1.807) is 26.2 Å². The summed E-state index contributed by atoms with van der Waals surface area (Å²) in [6, 6.07) is 5.42. The van der Waals surface area contributed by atoms with E-state index in [9.17, 15) is 5.11 Å². The van der Waals surface area contributed by atoms with Crippen LogP contribution in [0.2, 0.25) is 0 Å². The highest BCUT2D eigenvalue weighted by Gasteiger charge is 2.07. The number of hydrogen-bond acceptors (Lipinski definition) is 3. The molecule has 0 aliphatic heterocycles. The number of rotatable bonds is 4. The molecule has 0 aliphatic carbocycles. The van der Waals surface area contributed by atoms with Crippen LogP contribution in [0.1, 0.15) is 25.5 Å². The van der Waals surface area contributed by atoms with Crippen LogP contribution in [0.25, 0.3) is 0 Å². The summed E-state index contributed by atoms with van der Waals surface area (Å²) in [5.41, 5.74) is 0.828. The minimum absolute atomic E-state index is 0.486. The predicted octanol–water partition coefficient (Wildman–Crippen LogP) is 2.15. The van der Waals surface area contributed by atoms with Crippen molar-refractivity contribution in [3.8, 4) is 11.5 Å². The zero-order valence-corrected chi connectivity index (χ0v) is 8.78. The summed E-state index contributed by atoms with van der Waals surface area (Å²) in [6.07, 6.45) is -0.486.